The van der Waals surface area contributed by atoms with Crippen LogP contribution >= 0.6 is 0 Å². The fourth-order valence-electron chi connectivity index (χ4n) is 2.01. The number of ketones is 1. The van der Waals surface area contributed by atoms with Crippen LogP contribution in [0.3, 0.4) is 0 Å². The monoisotopic (exact) mass is 271 g/mol. The van der Waals surface area contributed by atoms with Gasteiger partial charge in [0, 0.05) is 5.56 Å². The van der Waals surface area contributed by atoms with Crippen molar-refractivity contribution in [3.8, 4) is 6.07 Å². The van der Waals surface area contributed by atoms with E-state index in [0.29, 0.717) is 5.56 Å². The van der Waals surface area contributed by atoms with E-state index in [1.807, 2.05) is 39.8 Å². The summed E-state index contributed by atoms with van der Waals surface area (Å²) in [4.78, 5) is 11.8. The lowest BCUT2D eigenvalue weighted by atomic mass is 9.78. The third kappa shape index (κ3) is 2.62. The Hall–Kier alpha value is -1.64. The summed E-state index contributed by atoms with van der Waals surface area (Å²) in [7, 11) is -0.491. The highest BCUT2D eigenvalue weighted by Crippen LogP contribution is 2.36. The molecule has 1 saturated heterocycles. The first-order chi connectivity index (χ1) is 9.27. The van der Waals surface area contributed by atoms with Crippen LogP contribution in [0.4, 0.5) is 0 Å². The minimum Gasteiger partial charge on any atom is -0.399 e. The molecule has 0 radical (unpaired) electrons. The molecular formula is C15H18BNO3. The minimum atomic E-state index is -0.491. The lowest BCUT2D eigenvalue weighted by molar-refractivity contribution is 0.00578. The molecule has 4 nitrogen and oxygen atoms in total. The SMILES string of the molecule is CC1(C)OB(c2cccc(C(=O)CC#N)c2)OC1(C)C. The average Bonchev–Trinajstić information content (AvgIpc) is 2.59. The largest absolute Gasteiger partial charge is 0.494 e. The molecule has 0 amide bonds. The van der Waals surface area contributed by atoms with Crippen molar-refractivity contribution in [3.05, 3.63) is 29.8 Å². The molecule has 5 heteroatoms. The van der Waals surface area contributed by atoms with Gasteiger partial charge < -0.3 is 9.31 Å². The molecular weight excluding hydrogens is 253 g/mol. The topological polar surface area (TPSA) is 59.3 Å². The number of nitriles is 1. The highest BCUT2D eigenvalue weighted by Gasteiger charge is 2.51. The second-order valence-electron chi connectivity index (χ2n) is 5.97. The van der Waals surface area contributed by atoms with Gasteiger partial charge >= 0.3 is 7.12 Å². The van der Waals surface area contributed by atoms with E-state index in [2.05, 4.69) is 0 Å². The third-order valence-electron chi connectivity index (χ3n) is 3.97. The molecule has 104 valence electrons. The molecule has 0 spiro atoms. The first kappa shape index (κ1) is 14.8. The summed E-state index contributed by atoms with van der Waals surface area (Å²) in [5.74, 6) is -0.189. The van der Waals surface area contributed by atoms with Crippen molar-refractivity contribution in [2.45, 2.75) is 45.3 Å². The van der Waals surface area contributed by atoms with E-state index in [1.54, 1.807) is 18.2 Å². The molecule has 20 heavy (non-hydrogen) atoms. The molecule has 0 aromatic heterocycles. The zero-order chi connectivity index (χ0) is 15.0. The molecule has 0 atom stereocenters. The van der Waals surface area contributed by atoms with E-state index in [0.717, 1.165) is 5.46 Å². The van der Waals surface area contributed by atoms with E-state index in [4.69, 9.17) is 14.6 Å². The van der Waals surface area contributed by atoms with Gasteiger partial charge in [0.05, 0.1) is 23.7 Å². The Morgan fingerprint density at radius 3 is 2.40 bits per heavy atom. The molecule has 0 bridgehead atoms. The van der Waals surface area contributed by atoms with E-state index >= 15 is 0 Å². The van der Waals surface area contributed by atoms with Crippen LogP contribution in [0.2, 0.25) is 0 Å². The predicted octanol–water partition coefficient (Wildman–Crippen LogP) is 2.08. The molecule has 1 aromatic carbocycles. The number of Topliss-reactive ketones (excluding diaryl/α,β-unsaturated/α-hetero) is 1. The molecule has 0 unspecified atom stereocenters. The van der Waals surface area contributed by atoms with E-state index < -0.39 is 18.3 Å². The second-order valence-corrected chi connectivity index (χ2v) is 5.97. The van der Waals surface area contributed by atoms with Gasteiger partial charge in [-0.2, -0.15) is 5.26 Å². The maximum Gasteiger partial charge on any atom is 0.494 e. The van der Waals surface area contributed by atoms with Gasteiger partial charge in [0.25, 0.3) is 0 Å². The molecule has 1 fully saturated rings. The first-order valence-corrected chi connectivity index (χ1v) is 6.62. The average molecular weight is 271 g/mol. The Balaban J connectivity index is 2.26. The van der Waals surface area contributed by atoms with Gasteiger partial charge in [-0.3, -0.25) is 4.79 Å². The highest BCUT2D eigenvalue weighted by molar-refractivity contribution is 6.62. The van der Waals surface area contributed by atoms with Crippen LogP contribution in [0.25, 0.3) is 0 Å². The smallest absolute Gasteiger partial charge is 0.399 e. The zero-order valence-corrected chi connectivity index (χ0v) is 12.3. The number of hydrogen-bond donors (Lipinski definition) is 0. The normalized spacial score (nSPS) is 19.6. The third-order valence-corrected chi connectivity index (χ3v) is 3.97. The summed E-state index contributed by atoms with van der Waals surface area (Å²) >= 11 is 0. The molecule has 1 aliphatic rings. The Bertz CT molecular complexity index is 559. The van der Waals surface area contributed by atoms with Crippen molar-refractivity contribution < 1.29 is 14.1 Å². The number of carbonyl (C=O) groups is 1. The summed E-state index contributed by atoms with van der Waals surface area (Å²) < 4.78 is 11.9. The number of benzene rings is 1. The van der Waals surface area contributed by atoms with E-state index in [-0.39, 0.29) is 12.2 Å². The number of nitrogens with zero attached hydrogens (tertiary/aromatic N) is 1. The van der Waals surface area contributed by atoms with Crippen LogP contribution in [0.15, 0.2) is 24.3 Å². The van der Waals surface area contributed by atoms with Crippen LogP contribution < -0.4 is 5.46 Å². The summed E-state index contributed by atoms with van der Waals surface area (Å²) in [6, 6.07) is 8.96. The second kappa shape index (κ2) is 5.04. The van der Waals surface area contributed by atoms with Gasteiger partial charge in [0.15, 0.2) is 5.78 Å². The van der Waals surface area contributed by atoms with E-state index in [9.17, 15) is 4.79 Å². The van der Waals surface area contributed by atoms with Crippen molar-refractivity contribution in [1.82, 2.24) is 0 Å². The fraction of sp³-hybridized carbons (Fsp3) is 0.467. The summed E-state index contributed by atoms with van der Waals surface area (Å²) in [5, 5.41) is 8.60. The summed E-state index contributed by atoms with van der Waals surface area (Å²) in [5.41, 5.74) is 0.487. The molecule has 1 heterocycles. The lowest BCUT2D eigenvalue weighted by Crippen LogP contribution is -2.41. The predicted molar refractivity (Wildman–Crippen MR) is 76.7 cm³/mol. The molecule has 1 aromatic rings. The van der Waals surface area contributed by atoms with Crippen LogP contribution in [-0.4, -0.2) is 24.1 Å². The Morgan fingerprint density at radius 1 is 1.25 bits per heavy atom. The first-order valence-electron chi connectivity index (χ1n) is 6.62. The van der Waals surface area contributed by atoms with Crippen molar-refractivity contribution in [1.29, 1.82) is 5.26 Å². The minimum absolute atomic E-state index is 0.118. The van der Waals surface area contributed by atoms with Crippen molar-refractivity contribution in [2.24, 2.45) is 0 Å². The fourth-order valence-corrected chi connectivity index (χ4v) is 2.01. The molecule has 0 N–H and O–H groups in total. The molecule has 0 aliphatic carbocycles. The maximum atomic E-state index is 11.8. The van der Waals surface area contributed by atoms with Crippen LogP contribution in [0.5, 0.6) is 0 Å². The molecule has 1 aliphatic heterocycles. The van der Waals surface area contributed by atoms with Gasteiger partial charge in [-0.15, -0.1) is 0 Å². The summed E-state index contributed by atoms with van der Waals surface area (Å²) in [6.45, 7) is 7.94. The Labute approximate surface area is 119 Å². The quantitative estimate of drug-likeness (QED) is 0.623. The Morgan fingerprint density at radius 2 is 1.85 bits per heavy atom. The number of rotatable bonds is 3. The standard InChI is InChI=1S/C15H18BNO3/c1-14(2)15(3,4)20-16(19-14)12-7-5-6-11(10-12)13(18)8-9-17/h5-7,10H,8H2,1-4H3. The van der Waals surface area contributed by atoms with Gasteiger partial charge in [-0.25, -0.2) is 0 Å². The number of carbonyl (C=O) groups excluding carboxylic acids is 1. The zero-order valence-electron chi connectivity index (χ0n) is 12.3. The number of hydrogen-bond acceptors (Lipinski definition) is 4. The molecule has 0 saturated carbocycles. The van der Waals surface area contributed by atoms with Crippen molar-refractivity contribution in [3.63, 3.8) is 0 Å². The van der Waals surface area contributed by atoms with Crippen LogP contribution in [0, 0.1) is 11.3 Å². The van der Waals surface area contributed by atoms with Gasteiger partial charge in [0.1, 0.15) is 0 Å². The van der Waals surface area contributed by atoms with E-state index in [1.165, 1.54) is 0 Å². The molecule has 2 rings (SSSR count). The lowest BCUT2D eigenvalue weighted by Gasteiger charge is -2.32. The highest BCUT2D eigenvalue weighted by atomic mass is 16.7. The van der Waals surface area contributed by atoms with Crippen molar-refractivity contribution >= 4 is 18.4 Å². The Kier molecular flexibility index (Phi) is 3.72. The van der Waals surface area contributed by atoms with Gasteiger partial charge in [-0.1, -0.05) is 24.3 Å². The van der Waals surface area contributed by atoms with Crippen LogP contribution in [0.1, 0.15) is 44.5 Å². The van der Waals surface area contributed by atoms with Crippen LogP contribution in [-0.2, 0) is 9.31 Å². The van der Waals surface area contributed by atoms with Crippen molar-refractivity contribution in [2.75, 3.05) is 0 Å². The van der Waals surface area contributed by atoms with Gasteiger partial charge in [0.2, 0.25) is 0 Å². The van der Waals surface area contributed by atoms with Gasteiger partial charge in [-0.05, 0) is 33.2 Å². The summed E-state index contributed by atoms with van der Waals surface area (Å²) in [6.07, 6.45) is -0.118. The maximum absolute atomic E-state index is 11.8.